The lowest BCUT2D eigenvalue weighted by Crippen LogP contribution is -2.56. The van der Waals surface area contributed by atoms with Crippen molar-refractivity contribution in [1.29, 1.82) is 0 Å². The van der Waals surface area contributed by atoms with Crippen molar-refractivity contribution in [3.05, 3.63) is 35.9 Å². The van der Waals surface area contributed by atoms with Crippen LogP contribution in [0.2, 0.25) is 0 Å². The normalized spacial score (nSPS) is 20.9. The Bertz CT molecular complexity index is 645. The number of rotatable bonds is 3. The Morgan fingerprint density at radius 2 is 1.70 bits per heavy atom. The van der Waals surface area contributed by atoms with E-state index >= 15 is 0 Å². The summed E-state index contributed by atoms with van der Waals surface area (Å²) in [5.74, 6) is -0.471. The van der Waals surface area contributed by atoms with Crippen molar-refractivity contribution in [2.75, 3.05) is 13.1 Å². The lowest BCUT2D eigenvalue weighted by atomic mass is 9.87. The van der Waals surface area contributed by atoms with E-state index < -0.39 is 23.8 Å². The molecule has 6 heteroatoms. The summed E-state index contributed by atoms with van der Waals surface area (Å²) >= 11 is 0. The molecule has 0 aromatic heterocycles. The molecule has 1 heterocycles. The van der Waals surface area contributed by atoms with Crippen LogP contribution in [0.25, 0.3) is 0 Å². The standard InChI is InChI=1S/C21H31NO5/c1-20(2,3)17-13-22(19(24)27-21(4,5)6)12-16(26-17)18(23)25-14-15-10-8-7-9-11-15/h7-11,16-17H,12-14H2,1-6H3/t16-,17-/m1/s1. The van der Waals surface area contributed by atoms with Gasteiger partial charge in [-0.2, -0.15) is 0 Å². The van der Waals surface area contributed by atoms with Crippen molar-refractivity contribution in [2.24, 2.45) is 5.41 Å². The molecule has 150 valence electrons. The van der Waals surface area contributed by atoms with Crippen LogP contribution < -0.4 is 0 Å². The van der Waals surface area contributed by atoms with E-state index in [1.165, 1.54) is 0 Å². The first-order valence-electron chi connectivity index (χ1n) is 9.29. The minimum absolute atomic E-state index is 0.120. The monoisotopic (exact) mass is 377 g/mol. The summed E-state index contributed by atoms with van der Waals surface area (Å²) in [6.45, 7) is 12.2. The molecule has 0 N–H and O–H groups in total. The van der Waals surface area contributed by atoms with Gasteiger partial charge in [-0.3, -0.25) is 0 Å². The molecule has 2 rings (SSSR count). The smallest absolute Gasteiger partial charge is 0.410 e. The first kappa shape index (κ1) is 21.2. The number of ether oxygens (including phenoxy) is 3. The van der Waals surface area contributed by atoms with Crippen LogP contribution in [0, 0.1) is 5.41 Å². The second-order valence-corrected chi connectivity index (χ2v) is 8.96. The number of benzene rings is 1. The molecule has 1 saturated heterocycles. The molecule has 1 aromatic rings. The third-order valence-corrected chi connectivity index (χ3v) is 4.21. The molecule has 0 saturated carbocycles. The quantitative estimate of drug-likeness (QED) is 0.750. The maximum Gasteiger partial charge on any atom is 0.410 e. The summed E-state index contributed by atoms with van der Waals surface area (Å²) in [5, 5.41) is 0. The van der Waals surface area contributed by atoms with E-state index in [0.29, 0.717) is 6.54 Å². The maximum absolute atomic E-state index is 12.6. The second kappa shape index (κ2) is 8.30. The van der Waals surface area contributed by atoms with E-state index in [9.17, 15) is 9.59 Å². The highest BCUT2D eigenvalue weighted by atomic mass is 16.6. The Morgan fingerprint density at radius 1 is 1.07 bits per heavy atom. The largest absolute Gasteiger partial charge is 0.459 e. The number of amides is 1. The van der Waals surface area contributed by atoms with Crippen LogP contribution in [0.5, 0.6) is 0 Å². The molecule has 0 spiro atoms. The van der Waals surface area contributed by atoms with Crippen LogP contribution in [-0.4, -0.2) is 47.9 Å². The fraction of sp³-hybridized carbons (Fsp3) is 0.619. The summed E-state index contributed by atoms with van der Waals surface area (Å²) in [6.07, 6.45) is -1.58. The third kappa shape index (κ3) is 6.54. The molecule has 1 aliphatic rings. The van der Waals surface area contributed by atoms with Gasteiger partial charge in [-0.15, -0.1) is 0 Å². The van der Waals surface area contributed by atoms with Crippen LogP contribution in [0.3, 0.4) is 0 Å². The van der Waals surface area contributed by atoms with Crippen LogP contribution in [-0.2, 0) is 25.6 Å². The molecular weight excluding hydrogens is 346 g/mol. The summed E-state index contributed by atoms with van der Waals surface area (Å²) in [4.78, 5) is 26.6. The summed E-state index contributed by atoms with van der Waals surface area (Å²) in [6, 6.07) is 9.46. The van der Waals surface area contributed by atoms with E-state index in [-0.39, 0.29) is 24.7 Å². The SMILES string of the molecule is CC(C)(C)OC(=O)N1C[C@H](C(=O)OCc2ccccc2)O[C@@H](C(C)(C)C)C1. The van der Waals surface area contributed by atoms with Gasteiger partial charge in [-0.1, -0.05) is 51.1 Å². The summed E-state index contributed by atoms with van der Waals surface area (Å²) in [5.41, 5.74) is 0.0622. The zero-order valence-electron chi connectivity index (χ0n) is 17.2. The molecule has 1 aliphatic heterocycles. The Kier molecular flexibility index (Phi) is 6.52. The first-order chi connectivity index (χ1) is 12.5. The van der Waals surface area contributed by atoms with E-state index in [4.69, 9.17) is 14.2 Å². The highest BCUT2D eigenvalue weighted by Crippen LogP contribution is 2.29. The zero-order chi connectivity index (χ0) is 20.2. The minimum Gasteiger partial charge on any atom is -0.459 e. The Labute approximate surface area is 161 Å². The summed E-state index contributed by atoms with van der Waals surface area (Å²) in [7, 11) is 0. The maximum atomic E-state index is 12.6. The highest BCUT2D eigenvalue weighted by Gasteiger charge is 2.41. The third-order valence-electron chi connectivity index (χ3n) is 4.21. The number of esters is 1. The first-order valence-corrected chi connectivity index (χ1v) is 9.29. The number of nitrogens with zero attached hydrogens (tertiary/aromatic N) is 1. The number of carbonyl (C=O) groups is 2. The second-order valence-electron chi connectivity index (χ2n) is 8.96. The van der Waals surface area contributed by atoms with E-state index in [2.05, 4.69) is 0 Å². The number of carbonyl (C=O) groups excluding carboxylic acids is 2. The van der Waals surface area contributed by atoms with Crippen molar-refractivity contribution in [3.8, 4) is 0 Å². The molecule has 0 bridgehead atoms. The predicted molar refractivity (Wildman–Crippen MR) is 102 cm³/mol. The molecule has 2 atom stereocenters. The van der Waals surface area contributed by atoms with Crippen LogP contribution in [0.1, 0.15) is 47.1 Å². The van der Waals surface area contributed by atoms with Gasteiger partial charge in [0.1, 0.15) is 12.2 Å². The van der Waals surface area contributed by atoms with Crippen LogP contribution >= 0.6 is 0 Å². The van der Waals surface area contributed by atoms with Crippen molar-refractivity contribution in [2.45, 2.75) is 66.0 Å². The molecule has 0 aliphatic carbocycles. The lowest BCUT2D eigenvalue weighted by Gasteiger charge is -2.42. The van der Waals surface area contributed by atoms with Crippen molar-refractivity contribution >= 4 is 12.1 Å². The Hall–Kier alpha value is -2.08. The van der Waals surface area contributed by atoms with Crippen LogP contribution in [0.4, 0.5) is 4.79 Å². The average molecular weight is 377 g/mol. The van der Waals surface area contributed by atoms with Gasteiger partial charge in [0, 0.05) is 0 Å². The molecule has 1 amide bonds. The molecule has 1 aromatic carbocycles. The minimum atomic E-state index is -0.834. The molecule has 1 fully saturated rings. The van der Waals surface area contributed by atoms with Gasteiger partial charge in [0.2, 0.25) is 0 Å². The van der Waals surface area contributed by atoms with Gasteiger partial charge < -0.3 is 19.1 Å². The molecule has 27 heavy (non-hydrogen) atoms. The number of hydrogen-bond donors (Lipinski definition) is 0. The summed E-state index contributed by atoms with van der Waals surface area (Å²) < 4.78 is 16.9. The van der Waals surface area contributed by atoms with Gasteiger partial charge >= 0.3 is 12.1 Å². The van der Waals surface area contributed by atoms with E-state index in [0.717, 1.165) is 5.56 Å². The number of morpholine rings is 1. The average Bonchev–Trinajstić information content (AvgIpc) is 2.58. The molecule has 0 radical (unpaired) electrons. The Morgan fingerprint density at radius 3 is 2.26 bits per heavy atom. The lowest BCUT2D eigenvalue weighted by molar-refractivity contribution is -0.178. The van der Waals surface area contributed by atoms with Gasteiger partial charge in [0.25, 0.3) is 0 Å². The van der Waals surface area contributed by atoms with Crippen molar-refractivity contribution in [1.82, 2.24) is 4.90 Å². The number of hydrogen-bond acceptors (Lipinski definition) is 5. The van der Waals surface area contributed by atoms with E-state index in [1.54, 1.807) is 4.90 Å². The van der Waals surface area contributed by atoms with Gasteiger partial charge in [-0.05, 0) is 31.7 Å². The van der Waals surface area contributed by atoms with Crippen LogP contribution in [0.15, 0.2) is 30.3 Å². The molecule has 0 unspecified atom stereocenters. The molecular formula is C21H31NO5. The zero-order valence-corrected chi connectivity index (χ0v) is 17.2. The fourth-order valence-electron chi connectivity index (χ4n) is 2.66. The van der Waals surface area contributed by atoms with Gasteiger partial charge in [0.15, 0.2) is 6.10 Å². The van der Waals surface area contributed by atoms with Crippen molar-refractivity contribution < 1.29 is 23.8 Å². The van der Waals surface area contributed by atoms with Gasteiger partial charge in [0.05, 0.1) is 19.2 Å². The predicted octanol–water partition coefficient (Wildman–Crippen LogP) is 3.78. The van der Waals surface area contributed by atoms with Crippen molar-refractivity contribution in [3.63, 3.8) is 0 Å². The topological polar surface area (TPSA) is 65.1 Å². The molecule has 6 nitrogen and oxygen atoms in total. The van der Waals surface area contributed by atoms with E-state index in [1.807, 2.05) is 71.9 Å². The highest BCUT2D eigenvalue weighted by molar-refractivity contribution is 5.77. The fourth-order valence-corrected chi connectivity index (χ4v) is 2.66. The van der Waals surface area contributed by atoms with Gasteiger partial charge in [-0.25, -0.2) is 9.59 Å². The Balaban J connectivity index is 2.07.